The number of hydrazine groups is 1. The van der Waals surface area contributed by atoms with Crippen LogP contribution in [0.15, 0.2) is 41.8 Å². The highest BCUT2D eigenvalue weighted by molar-refractivity contribution is 8.14. The van der Waals surface area contributed by atoms with Gasteiger partial charge in [0.25, 0.3) is 0 Å². The van der Waals surface area contributed by atoms with E-state index in [0.717, 1.165) is 29.5 Å². The van der Waals surface area contributed by atoms with Crippen molar-refractivity contribution in [3.63, 3.8) is 0 Å². The van der Waals surface area contributed by atoms with Gasteiger partial charge < -0.3 is 15.2 Å². The monoisotopic (exact) mass is 432 g/mol. The average Bonchev–Trinajstić information content (AvgIpc) is 3.45. The van der Waals surface area contributed by atoms with Gasteiger partial charge >= 0.3 is 0 Å². The van der Waals surface area contributed by atoms with Crippen LogP contribution in [0.25, 0.3) is 0 Å². The van der Waals surface area contributed by atoms with Crippen LogP contribution in [0.1, 0.15) is 43.7 Å². The molecule has 3 atom stereocenters. The molecule has 0 aromatic heterocycles. The molecule has 4 aliphatic rings. The average molecular weight is 433 g/mol. The molecule has 3 heterocycles. The van der Waals surface area contributed by atoms with Gasteiger partial charge in [-0.15, -0.1) is 0 Å². The van der Waals surface area contributed by atoms with E-state index in [-0.39, 0.29) is 24.2 Å². The molecule has 154 valence electrons. The number of hydrazone groups is 1. The normalized spacial score (nSPS) is 28.2. The Hall–Kier alpha value is -1.90. The second-order valence-corrected chi connectivity index (χ2v) is 9.33. The molecule has 1 saturated carbocycles. The van der Waals surface area contributed by atoms with Gasteiger partial charge in [0, 0.05) is 23.5 Å². The van der Waals surface area contributed by atoms with Crippen LogP contribution in [-0.4, -0.2) is 45.0 Å². The molecule has 0 spiro atoms. The standard InChI is InChI=1S/C20H25ClN6OS/c21-14-7-5-13(6-8-14)16-11-17-19-23-24-20(26(19)9-10-27(17)25-16)29-12-18(28)22-15-3-1-2-4-15/h5-10,15-17,19,23,25H,1-4,11-12H2,(H,22,28). The molecule has 9 heteroatoms. The van der Waals surface area contributed by atoms with E-state index < -0.39 is 0 Å². The van der Waals surface area contributed by atoms with E-state index >= 15 is 0 Å². The van der Waals surface area contributed by atoms with Crippen molar-refractivity contribution >= 4 is 34.4 Å². The first-order chi connectivity index (χ1) is 14.2. The molecule has 0 radical (unpaired) electrons. The van der Waals surface area contributed by atoms with Gasteiger partial charge in [-0.25, -0.2) is 5.43 Å². The molecule has 0 bridgehead atoms. The summed E-state index contributed by atoms with van der Waals surface area (Å²) in [4.78, 5) is 14.4. The first-order valence-corrected chi connectivity index (χ1v) is 11.6. The number of hydrogen-bond donors (Lipinski definition) is 3. The van der Waals surface area contributed by atoms with Crippen LogP contribution < -0.4 is 16.2 Å². The van der Waals surface area contributed by atoms with Gasteiger partial charge in [-0.2, -0.15) is 5.10 Å². The molecule has 29 heavy (non-hydrogen) atoms. The number of hydrogen-bond acceptors (Lipinski definition) is 7. The van der Waals surface area contributed by atoms with Crippen molar-refractivity contribution in [1.82, 2.24) is 26.1 Å². The third-order valence-electron chi connectivity index (χ3n) is 6.03. The Morgan fingerprint density at radius 3 is 2.83 bits per heavy atom. The van der Waals surface area contributed by atoms with Gasteiger partial charge in [0.1, 0.15) is 6.17 Å². The molecule has 2 fully saturated rings. The highest BCUT2D eigenvalue weighted by Crippen LogP contribution is 2.35. The van der Waals surface area contributed by atoms with Crippen LogP contribution in [-0.2, 0) is 4.79 Å². The molecule has 1 aromatic carbocycles. The maximum atomic E-state index is 12.3. The Balaban J connectivity index is 1.18. The first kappa shape index (κ1) is 19.1. The van der Waals surface area contributed by atoms with Gasteiger partial charge in [-0.1, -0.05) is 48.3 Å². The number of benzene rings is 1. The number of nitrogens with zero attached hydrogens (tertiary/aromatic N) is 3. The van der Waals surface area contributed by atoms with Crippen LogP contribution >= 0.6 is 23.4 Å². The number of carbonyl (C=O) groups is 1. The fourth-order valence-electron chi connectivity index (χ4n) is 4.53. The molecule has 1 amide bonds. The molecule has 3 unspecified atom stereocenters. The van der Waals surface area contributed by atoms with Crippen LogP contribution in [0.2, 0.25) is 5.02 Å². The summed E-state index contributed by atoms with van der Waals surface area (Å²) >= 11 is 7.51. The number of rotatable bonds is 4. The molecule has 1 aliphatic carbocycles. The summed E-state index contributed by atoms with van der Waals surface area (Å²) in [5.41, 5.74) is 8.05. The second kappa shape index (κ2) is 8.08. The van der Waals surface area contributed by atoms with Crippen molar-refractivity contribution in [2.24, 2.45) is 5.10 Å². The Kier molecular flexibility index (Phi) is 5.32. The van der Waals surface area contributed by atoms with Crippen LogP contribution in [0, 0.1) is 0 Å². The zero-order chi connectivity index (χ0) is 19.8. The van der Waals surface area contributed by atoms with E-state index in [1.807, 2.05) is 18.3 Å². The number of thioether (sulfide) groups is 1. The second-order valence-electron chi connectivity index (χ2n) is 7.95. The Morgan fingerprint density at radius 1 is 1.24 bits per heavy atom. The van der Waals surface area contributed by atoms with Crippen molar-refractivity contribution in [2.75, 3.05) is 5.75 Å². The smallest absolute Gasteiger partial charge is 0.230 e. The Bertz CT molecular complexity index is 825. The molecule has 1 aromatic rings. The largest absolute Gasteiger partial charge is 0.353 e. The number of amides is 1. The van der Waals surface area contributed by atoms with E-state index in [2.05, 4.69) is 49.5 Å². The lowest BCUT2D eigenvalue weighted by Gasteiger charge is -2.36. The van der Waals surface area contributed by atoms with Crippen molar-refractivity contribution in [1.29, 1.82) is 0 Å². The molecule has 3 N–H and O–H groups in total. The minimum absolute atomic E-state index is 0.0604. The summed E-state index contributed by atoms with van der Waals surface area (Å²) < 4.78 is 0. The third-order valence-corrected chi connectivity index (χ3v) is 7.25. The van der Waals surface area contributed by atoms with Crippen molar-refractivity contribution < 1.29 is 4.79 Å². The highest BCUT2D eigenvalue weighted by atomic mass is 35.5. The number of halogens is 1. The summed E-state index contributed by atoms with van der Waals surface area (Å²) in [5.74, 6) is 0.495. The Labute approximate surface area is 179 Å². The van der Waals surface area contributed by atoms with Crippen LogP contribution in [0.5, 0.6) is 0 Å². The SMILES string of the molecule is O=C(CSC1=NNC2C3CC(c4ccc(Cl)cc4)NN3C=CN12)NC1CCCC1. The van der Waals surface area contributed by atoms with Crippen molar-refractivity contribution in [3.8, 4) is 0 Å². The van der Waals surface area contributed by atoms with E-state index in [1.165, 1.54) is 30.2 Å². The molecule has 7 nitrogen and oxygen atoms in total. The lowest BCUT2D eigenvalue weighted by Crippen LogP contribution is -2.54. The number of nitrogens with one attached hydrogen (secondary N) is 3. The summed E-state index contributed by atoms with van der Waals surface area (Å²) in [7, 11) is 0. The van der Waals surface area contributed by atoms with E-state index in [4.69, 9.17) is 11.6 Å². The van der Waals surface area contributed by atoms with E-state index in [0.29, 0.717) is 11.8 Å². The maximum Gasteiger partial charge on any atom is 0.230 e. The summed E-state index contributed by atoms with van der Waals surface area (Å²) in [6.45, 7) is 0. The molecular weight excluding hydrogens is 408 g/mol. The fraction of sp³-hybridized carbons (Fsp3) is 0.500. The molecule has 3 aliphatic heterocycles. The molecule has 5 rings (SSSR count). The summed E-state index contributed by atoms with van der Waals surface area (Å²) in [5, 5.41) is 11.4. The predicted octanol–water partition coefficient (Wildman–Crippen LogP) is 2.74. The number of fused-ring (bicyclic) bond motifs is 3. The lowest BCUT2D eigenvalue weighted by molar-refractivity contribution is -0.119. The first-order valence-electron chi connectivity index (χ1n) is 10.2. The quantitative estimate of drug-likeness (QED) is 0.679. The number of amidine groups is 1. The van der Waals surface area contributed by atoms with Gasteiger partial charge in [0.15, 0.2) is 5.17 Å². The van der Waals surface area contributed by atoms with Gasteiger partial charge in [-0.3, -0.25) is 10.2 Å². The van der Waals surface area contributed by atoms with E-state index in [1.54, 1.807) is 0 Å². The van der Waals surface area contributed by atoms with Crippen molar-refractivity contribution in [3.05, 3.63) is 47.3 Å². The highest BCUT2D eigenvalue weighted by Gasteiger charge is 2.44. The summed E-state index contributed by atoms with van der Waals surface area (Å²) in [6.07, 6.45) is 9.75. The predicted molar refractivity (Wildman–Crippen MR) is 116 cm³/mol. The van der Waals surface area contributed by atoms with Gasteiger partial charge in [0.05, 0.1) is 17.8 Å². The summed E-state index contributed by atoms with van der Waals surface area (Å²) in [6, 6.07) is 8.84. The lowest BCUT2D eigenvalue weighted by atomic mass is 10.00. The zero-order valence-corrected chi connectivity index (χ0v) is 17.6. The van der Waals surface area contributed by atoms with Crippen LogP contribution in [0.4, 0.5) is 0 Å². The van der Waals surface area contributed by atoms with Crippen molar-refractivity contribution in [2.45, 2.75) is 56.4 Å². The van der Waals surface area contributed by atoms with E-state index in [9.17, 15) is 4.79 Å². The number of carbonyl (C=O) groups excluding carboxylic acids is 1. The zero-order valence-electron chi connectivity index (χ0n) is 16.1. The minimum Gasteiger partial charge on any atom is -0.353 e. The molecular formula is C20H25ClN6OS. The minimum atomic E-state index is 0.0604. The maximum absolute atomic E-state index is 12.3. The Morgan fingerprint density at radius 2 is 2.03 bits per heavy atom. The van der Waals surface area contributed by atoms with Gasteiger partial charge in [-0.05, 0) is 37.0 Å². The molecule has 1 saturated heterocycles. The third kappa shape index (κ3) is 3.93. The van der Waals surface area contributed by atoms with Gasteiger partial charge in [0.2, 0.25) is 5.91 Å². The van der Waals surface area contributed by atoms with Crippen LogP contribution in [0.3, 0.4) is 0 Å². The fourth-order valence-corrected chi connectivity index (χ4v) is 5.44. The topological polar surface area (TPSA) is 72.0 Å².